The number of hydrogen-bond donors (Lipinski definition) is 1. The summed E-state index contributed by atoms with van der Waals surface area (Å²) < 4.78 is 10.9. The average Bonchev–Trinajstić information content (AvgIpc) is 3.30. The monoisotopic (exact) mass is 445 g/mol. The van der Waals surface area contributed by atoms with E-state index in [1.165, 1.54) is 12.2 Å². The van der Waals surface area contributed by atoms with E-state index in [0.29, 0.717) is 5.75 Å². The largest absolute Gasteiger partial charge is 0.496 e. The van der Waals surface area contributed by atoms with Crippen molar-refractivity contribution >= 4 is 34.8 Å². The van der Waals surface area contributed by atoms with E-state index in [2.05, 4.69) is 14.9 Å². The zero-order chi connectivity index (χ0) is 23.0. The first kappa shape index (κ1) is 22.6. The summed E-state index contributed by atoms with van der Waals surface area (Å²) in [7, 11) is 1.61. The van der Waals surface area contributed by atoms with Gasteiger partial charge in [-0.15, -0.1) is 0 Å². The third-order valence-corrected chi connectivity index (χ3v) is 5.51. The highest BCUT2D eigenvalue weighted by Crippen LogP contribution is 2.23. The highest BCUT2D eigenvalue weighted by atomic mass is 16.5. The van der Waals surface area contributed by atoms with Crippen molar-refractivity contribution in [3.8, 4) is 5.75 Å². The van der Waals surface area contributed by atoms with Crippen molar-refractivity contribution in [1.82, 2.24) is 14.9 Å². The number of nitrogens with one attached hydrogen (secondary N) is 1. The summed E-state index contributed by atoms with van der Waals surface area (Å²) >= 11 is 0. The number of methoxy groups -OCH3 is 1. The van der Waals surface area contributed by atoms with Crippen LogP contribution in [0.2, 0.25) is 0 Å². The zero-order valence-electron chi connectivity index (χ0n) is 18.6. The Balaban J connectivity index is 1.33. The number of rotatable bonds is 9. The molecule has 0 saturated carbocycles. The maximum Gasteiger partial charge on any atom is 0.163 e. The first-order valence-corrected chi connectivity index (χ1v) is 10.9. The van der Waals surface area contributed by atoms with Crippen molar-refractivity contribution in [2.75, 3.05) is 33.4 Å². The molecule has 1 saturated heterocycles. The molecule has 7 nitrogen and oxygen atoms in total. The number of ketones is 2. The summed E-state index contributed by atoms with van der Waals surface area (Å²) in [6.45, 7) is 4.18. The van der Waals surface area contributed by atoms with Crippen LogP contribution in [0.1, 0.15) is 23.1 Å². The van der Waals surface area contributed by atoms with E-state index < -0.39 is 0 Å². The van der Waals surface area contributed by atoms with Crippen LogP contribution in [0.5, 0.6) is 5.75 Å². The Hall–Kier alpha value is -3.55. The number of H-pyrrole nitrogens is 1. The van der Waals surface area contributed by atoms with Crippen molar-refractivity contribution < 1.29 is 19.1 Å². The average molecular weight is 446 g/mol. The van der Waals surface area contributed by atoms with E-state index in [1.807, 2.05) is 36.4 Å². The number of carbonyl (C=O) groups is 2. The second-order valence-electron chi connectivity index (χ2n) is 7.92. The number of imidazole rings is 1. The van der Waals surface area contributed by atoms with E-state index in [1.54, 1.807) is 25.6 Å². The predicted molar refractivity (Wildman–Crippen MR) is 128 cm³/mol. The Bertz CT molecular complexity index is 1190. The van der Waals surface area contributed by atoms with Crippen LogP contribution in [0.4, 0.5) is 0 Å². The Morgan fingerprint density at radius 3 is 2.67 bits per heavy atom. The molecular weight excluding hydrogens is 418 g/mol. The number of morpholine rings is 1. The molecule has 0 bridgehead atoms. The second-order valence-corrected chi connectivity index (χ2v) is 7.92. The summed E-state index contributed by atoms with van der Waals surface area (Å²) in [5.74, 6) is 0.195. The van der Waals surface area contributed by atoms with Crippen LogP contribution in [0.25, 0.3) is 23.2 Å². The SMILES string of the molecule is COc1cc(CN2CCOCC2)ccc1/C=C/C(=O)CC(=O)/C=C/c1ccc2nc[nH]c2c1. The summed E-state index contributed by atoms with van der Waals surface area (Å²) in [5.41, 5.74) is 4.57. The Morgan fingerprint density at radius 2 is 1.88 bits per heavy atom. The number of allylic oxidation sites excluding steroid dienone is 2. The van der Waals surface area contributed by atoms with Crippen LogP contribution in [-0.4, -0.2) is 59.8 Å². The lowest BCUT2D eigenvalue weighted by Crippen LogP contribution is -2.35. The third kappa shape index (κ3) is 6.25. The normalized spacial score (nSPS) is 14.9. The lowest BCUT2D eigenvalue weighted by Gasteiger charge is -2.26. The molecule has 0 spiro atoms. The van der Waals surface area contributed by atoms with Crippen molar-refractivity contribution in [3.05, 3.63) is 71.6 Å². The Labute approximate surface area is 192 Å². The molecule has 0 amide bonds. The third-order valence-electron chi connectivity index (χ3n) is 5.51. The van der Waals surface area contributed by atoms with Gasteiger partial charge in [0.05, 0.1) is 44.1 Å². The molecule has 1 aliphatic heterocycles. The predicted octanol–water partition coefficient (Wildman–Crippen LogP) is 3.66. The van der Waals surface area contributed by atoms with Gasteiger partial charge < -0.3 is 14.5 Å². The van der Waals surface area contributed by atoms with E-state index in [-0.39, 0.29) is 18.0 Å². The van der Waals surface area contributed by atoms with Gasteiger partial charge in [0.1, 0.15) is 5.75 Å². The highest BCUT2D eigenvalue weighted by molar-refractivity contribution is 6.11. The van der Waals surface area contributed by atoms with Gasteiger partial charge in [-0.25, -0.2) is 4.98 Å². The smallest absolute Gasteiger partial charge is 0.163 e. The standard InChI is InChI=1S/C26H27N3O4/c1-32-26-15-20(17-29-10-12-33-13-11-29)2-5-21(26)6-8-23(31)16-22(30)7-3-19-4-9-24-25(14-19)28-18-27-24/h2-9,14-15,18H,10-13,16-17H2,1H3,(H,27,28)/b7-3+,8-6+. The molecular formula is C26H27N3O4. The van der Waals surface area contributed by atoms with Gasteiger partial charge in [-0.1, -0.05) is 24.3 Å². The van der Waals surface area contributed by atoms with Gasteiger partial charge in [-0.05, 0) is 47.6 Å². The first-order chi connectivity index (χ1) is 16.1. The summed E-state index contributed by atoms with van der Waals surface area (Å²) in [4.78, 5) is 34.0. The lowest BCUT2D eigenvalue weighted by atomic mass is 10.1. The van der Waals surface area contributed by atoms with Crippen LogP contribution < -0.4 is 4.74 Å². The fourth-order valence-corrected chi connectivity index (χ4v) is 3.73. The molecule has 1 aromatic heterocycles. The van der Waals surface area contributed by atoms with Gasteiger partial charge in [0, 0.05) is 25.2 Å². The van der Waals surface area contributed by atoms with Crippen LogP contribution >= 0.6 is 0 Å². The van der Waals surface area contributed by atoms with Gasteiger partial charge in [-0.3, -0.25) is 14.5 Å². The van der Waals surface area contributed by atoms with Gasteiger partial charge >= 0.3 is 0 Å². The van der Waals surface area contributed by atoms with Gasteiger partial charge in [0.2, 0.25) is 0 Å². The van der Waals surface area contributed by atoms with E-state index in [9.17, 15) is 9.59 Å². The second kappa shape index (κ2) is 10.8. The van der Waals surface area contributed by atoms with Crippen molar-refractivity contribution in [1.29, 1.82) is 0 Å². The Morgan fingerprint density at radius 1 is 1.09 bits per heavy atom. The molecule has 3 aromatic rings. The summed E-state index contributed by atoms with van der Waals surface area (Å²) in [6.07, 6.45) is 7.71. The van der Waals surface area contributed by atoms with Crippen molar-refractivity contribution in [2.24, 2.45) is 0 Å². The van der Waals surface area contributed by atoms with Crippen LogP contribution in [0.15, 0.2) is 54.9 Å². The summed E-state index contributed by atoms with van der Waals surface area (Å²) in [6, 6.07) is 11.6. The van der Waals surface area contributed by atoms with Crippen LogP contribution in [0, 0.1) is 0 Å². The van der Waals surface area contributed by atoms with E-state index in [4.69, 9.17) is 9.47 Å². The molecule has 170 valence electrons. The lowest BCUT2D eigenvalue weighted by molar-refractivity contribution is -0.121. The fraction of sp³-hybridized carbons (Fsp3) is 0.269. The minimum Gasteiger partial charge on any atom is -0.496 e. The van der Waals surface area contributed by atoms with Gasteiger partial charge in [-0.2, -0.15) is 0 Å². The minimum atomic E-state index is -0.256. The number of aromatic amines is 1. The minimum absolute atomic E-state index is 0.184. The maximum atomic E-state index is 12.3. The number of carbonyl (C=O) groups excluding carboxylic acids is 2. The number of fused-ring (bicyclic) bond motifs is 1. The molecule has 1 N–H and O–H groups in total. The van der Waals surface area contributed by atoms with Crippen LogP contribution in [-0.2, 0) is 20.9 Å². The molecule has 1 aliphatic rings. The van der Waals surface area contributed by atoms with Crippen molar-refractivity contribution in [3.63, 3.8) is 0 Å². The zero-order valence-corrected chi connectivity index (χ0v) is 18.6. The molecule has 33 heavy (non-hydrogen) atoms. The van der Waals surface area contributed by atoms with E-state index >= 15 is 0 Å². The quantitative estimate of drug-likeness (QED) is 0.400. The van der Waals surface area contributed by atoms with Crippen LogP contribution in [0.3, 0.4) is 0 Å². The molecule has 0 atom stereocenters. The molecule has 2 aromatic carbocycles. The van der Waals surface area contributed by atoms with Gasteiger partial charge in [0.25, 0.3) is 0 Å². The molecule has 7 heteroatoms. The first-order valence-electron chi connectivity index (χ1n) is 10.9. The highest BCUT2D eigenvalue weighted by Gasteiger charge is 2.12. The van der Waals surface area contributed by atoms with Gasteiger partial charge in [0.15, 0.2) is 11.6 Å². The Kier molecular flexibility index (Phi) is 7.44. The molecule has 0 unspecified atom stereocenters. The van der Waals surface area contributed by atoms with Crippen molar-refractivity contribution in [2.45, 2.75) is 13.0 Å². The number of benzene rings is 2. The molecule has 0 radical (unpaired) electrons. The number of aromatic nitrogens is 2. The number of nitrogens with zero attached hydrogens (tertiary/aromatic N) is 2. The summed E-state index contributed by atoms with van der Waals surface area (Å²) in [5, 5.41) is 0. The maximum absolute atomic E-state index is 12.3. The molecule has 1 fully saturated rings. The molecule has 4 rings (SSSR count). The fourth-order valence-electron chi connectivity index (χ4n) is 3.73. The number of hydrogen-bond acceptors (Lipinski definition) is 6. The molecule has 2 heterocycles. The number of ether oxygens (including phenoxy) is 2. The topological polar surface area (TPSA) is 84.5 Å². The van der Waals surface area contributed by atoms with E-state index in [0.717, 1.165) is 60.6 Å². The molecule has 0 aliphatic carbocycles.